The first-order chi connectivity index (χ1) is 9.15. The van der Waals surface area contributed by atoms with Gasteiger partial charge in [0.15, 0.2) is 4.67 Å². The van der Waals surface area contributed by atoms with E-state index in [1.54, 1.807) is 0 Å². The number of rotatable bonds is 5. The molecular weight excluding hydrogens is 306 g/mol. The fraction of sp³-hybridized carbons (Fsp3) is 0.714. The minimum absolute atomic E-state index is 0.171. The molecule has 4 nitrogen and oxygen atoms in total. The summed E-state index contributed by atoms with van der Waals surface area (Å²) in [4.78, 5) is 4.89. The van der Waals surface area contributed by atoms with Crippen LogP contribution in [0.1, 0.15) is 31.6 Å². The molecule has 2 heterocycles. The second-order valence-corrected chi connectivity index (χ2v) is 6.01. The zero-order valence-electron chi connectivity index (χ0n) is 11.8. The Kier molecular flexibility index (Phi) is 5.45. The van der Waals surface area contributed by atoms with E-state index in [9.17, 15) is 0 Å². The maximum atomic E-state index is 5.95. The van der Waals surface area contributed by atoms with Crippen LogP contribution in [0.15, 0.2) is 21.2 Å². The van der Waals surface area contributed by atoms with Gasteiger partial charge in [0.25, 0.3) is 0 Å². The zero-order valence-corrected chi connectivity index (χ0v) is 13.4. The second kappa shape index (κ2) is 6.88. The van der Waals surface area contributed by atoms with Crippen molar-refractivity contribution < 1.29 is 4.42 Å². The molecule has 0 radical (unpaired) electrons. The molecule has 2 rings (SSSR count). The summed E-state index contributed by atoms with van der Waals surface area (Å²) in [7, 11) is 2.17. The standard InChI is InChI=1S/C14H24BrN3O/c1-3-18-8-6-11(7-9-18)17(2)12(10-16)13-4-5-14(15)19-13/h4-5,11-12H,3,6-10,16H2,1-2H3. The van der Waals surface area contributed by atoms with E-state index in [0.29, 0.717) is 12.6 Å². The summed E-state index contributed by atoms with van der Waals surface area (Å²) < 4.78 is 6.45. The molecule has 0 saturated carbocycles. The molecule has 0 amide bonds. The van der Waals surface area contributed by atoms with Gasteiger partial charge in [0.2, 0.25) is 0 Å². The third-order valence-electron chi connectivity index (χ3n) is 4.22. The van der Waals surface area contributed by atoms with Gasteiger partial charge in [0, 0.05) is 12.6 Å². The van der Waals surface area contributed by atoms with E-state index in [1.165, 1.54) is 25.9 Å². The van der Waals surface area contributed by atoms with Crippen molar-refractivity contribution in [2.75, 3.05) is 33.2 Å². The Morgan fingerprint density at radius 3 is 2.63 bits per heavy atom. The lowest BCUT2D eigenvalue weighted by Gasteiger charge is -2.39. The highest BCUT2D eigenvalue weighted by Crippen LogP contribution is 2.28. The van der Waals surface area contributed by atoms with Gasteiger partial charge in [-0.05, 0) is 67.6 Å². The smallest absolute Gasteiger partial charge is 0.169 e. The molecule has 0 aliphatic carbocycles. The summed E-state index contributed by atoms with van der Waals surface area (Å²) >= 11 is 3.36. The molecule has 1 atom stereocenters. The zero-order chi connectivity index (χ0) is 13.8. The van der Waals surface area contributed by atoms with Crippen LogP contribution in [0.25, 0.3) is 0 Å². The van der Waals surface area contributed by atoms with Gasteiger partial charge in [-0.1, -0.05) is 6.92 Å². The average Bonchev–Trinajstić information content (AvgIpc) is 2.86. The number of hydrogen-bond donors (Lipinski definition) is 1. The number of likely N-dealkylation sites (N-methyl/N-ethyl adjacent to an activating group) is 1. The van der Waals surface area contributed by atoms with Crippen LogP contribution < -0.4 is 5.73 Å². The molecule has 1 aliphatic rings. The quantitative estimate of drug-likeness (QED) is 0.901. The predicted molar refractivity (Wildman–Crippen MR) is 81.1 cm³/mol. The van der Waals surface area contributed by atoms with E-state index < -0.39 is 0 Å². The third-order valence-corrected chi connectivity index (χ3v) is 4.64. The highest BCUT2D eigenvalue weighted by molar-refractivity contribution is 9.10. The summed E-state index contributed by atoms with van der Waals surface area (Å²) in [5.41, 5.74) is 5.95. The van der Waals surface area contributed by atoms with Crippen LogP contribution in [0.2, 0.25) is 0 Å². The maximum absolute atomic E-state index is 5.95. The topological polar surface area (TPSA) is 45.6 Å². The van der Waals surface area contributed by atoms with Crippen molar-refractivity contribution in [3.05, 3.63) is 22.6 Å². The highest BCUT2D eigenvalue weighted by atomic mass is 79.9. The Morgan fingerprint density at radius 2 is 2.16 bits per heavy atom. The fourth-order valence-corrected chi connectivity index (χ4v) is 3.21. The van der Waals surface area contributed by atoms with E-state index in [-0.39, 0.29) is 6.04 Å². The van der Waals surface area contributed by atoms with Crippen LogP contribution in [0.3, 0.4) is 0 Å². The number of furan rings is 1. The van der Waals surface area contributed by atoms with Gasteiger partial charge >= 0.3 is 0 Å². The molecule has 1 aromatic rings. The first-order valence-electron chi connectivity index (χ1n) is 7.05. The number of nitrogens with zero attached hydrogens (tertiary/aromatic N) is 2. The average molecular weight is 330 g/mol. The Balaban J connectivity index is 1.99. The van der Waals surface area contributed by atoms with Crippen molar-refractivity contribution in [3.63, 3.8) is 0 Å². The summed E-state index contributed by atoms with van der Waals surface area (Å²) in [6.45, 7) is 6.34. The summed E-state index contributed by atoms with van der Waals surface area (Å²) in [6, 6.07) is 4.72. The van der Waals surface area contributed by atoms with Gasteiger partial charge in [0.1, 0.15) is 5.76 Å². The molecule has 5 heteroatoms. The van der Waals surface area contributed by atoms with Crippen molar-refractivity contribution in [1.82, 2.24) is 9.80 Å². The number of likely N-dealkylation sites (tertiary alicyclic amines) is 1. The van der Waals surface area contributed by atoms with Crippen LogP contribution in [-0.4, -0.2) is 49.1 Å². The van der Waals surface area contributed by atoms with Crippen molar-refractivity contribution in [1.29, 1.82) is 0 Å². The van der Waals surface area contributed by atoms with Crippen molar-refractivity contribution in [2.24, 2.45) is 5.73 Å². The van der Waals surface area contributed by atoms with Crippen molar-refractivity contribution in [2.45, 2.75) is 31.8 Å². The summed E-state index contributed by atoms with van der Waals surface area (Å²) in [5.74, 6) is 0.954. The minimum Gasteiger partial charge on any atom is -0.453 e. The van der Waals surface area contributed by atoms with E-state index in [4.69, 9.17) is 10.2 Å². The van der Waals surface area contributed by atoms with Crippen LogP contribution in [0, 0.1) is 0 Å². The largest absolute Gasteiger partial charge is 0.453 e. The Bertz CT molecular complexity index is 388. The van der Waals surface area contributed by atoms with Crippen LogP contribution in [0.4, 0.5) is 0 Å². The molecule has 1 unspecified atom stereocenters. The molecular formula is C14H24BrN3O. The lowest BCUT2D eigenvalue weighted by Crippen LogP contribution is -2.45. The molecule has 1 aliphatic heterocycles. The summed E-state index contributed by atoms with van der Waals surface area (Å²) in [5, 5.41) is 0. The molecule has 1 saturated heterocycles. The first kappa shape index (κ1) is 15.0. The highest BCUT2D eigenvalue weighted by Gasteiger charge is 2.28. The van der Waals surface area contributed by atoms with Gasteiger partial charge in [-0.2, -0.15) is 0 Å². The van der Waals surface area contributed by atoms with Gasteiger partial charge in [-0.3, -0.25) is 4.90 Å². The third kappa shape index (κ3) is 3.60. The fourth-order valence-electron chi connectivity index (χ4n) is 2.89. The molecule has 108 valence electrons. The van der Waals surface area contributed by atoms with Crippen molar-refractivity contribution >= 4 is 15.9 Å². The molecule has 0 bridgehead atoms. The lowest BCUT2D eigenvalue weighted by molar-refractivity contribution is 0.0918. The van der Waals surface area contributed by atoms with Gasteiger partial charge in [0.05, 0.1) is 6.04 Å². The molecule has 1 fully saturated rings. The normalized spacial score (nSPS) is 20.1. The van der Waals surface area contributed by atoms with Gasteiger partial charge in [-0.25, -0.2) is 0 Å². The summed E-state index contributed by atoms with van der Waals surface area (Å²) in [6.07, 6.45) is 2.42. The number of halogens is 1. The Morgan fingerprint density at radius 1 is 1.47 bits per heavy atom. The Hall–Kier alpha value is -0.360. The predicted octanol–water partition coefficient (Wildman–Crippen LogP) is 2.46. The van der Waals surface area contributed by atoms with E-state index >= 15 is 0 Å². The number of piperidine rings is 1. The molecule has 0 aromatic carbocycles. The Labute approximate surface area is 124 Å². The van der Waals surface area contributed by atoms with E-state index in [2.05, 4.69) is 39.7 Å². The van der Waals surface area contributed by atoms with E-state index in [0.717, 1.165) is 17.0 Å². The number of hydrogen-bond acceptors (Lipinski definition) is 4. The second-order valence-electron chi connectivity index (χ2n) is 5.22. The van der Waals surface area contributed by atoms with Crippen LogP contribution in [-0.2, 0) is 0 Å². The first-order valence-corrected chi connectivity index (χ1v) is 7.84. The molecule has 0 spiro atoms. The maximum Gasteiger partial charge on any atom is 0.169 e. The lowest BCUT2D eigenvalue weighted by atomic mass is 10.0. The van der Waals surface area contributed by atoms with Crippen LogP contribution >= 0.6 is 15.9 Å². The monoisotopic (exact) mass is 329 g/mol. The molecule has 2 N–H and O–H groups in total. The number of nitrogens with two attached hydrogens (primary N) is 1. The van der Waals surface area contributed by atoms with Crippen molar-refractivity contribution in [3.8, 4) is 0 Å². The van der Waals surface area contributed by atoms with Crippen LogP contribution in [0.5, 0.6) is 0 Å². The van der Waals surface area contributed by atoms with Gasteiger partial charge < -0.3 is 15.1 Å². The molecule has 1 aromatic heterocycles. The van der Waals surface area contributed by atoms with Gasteiger partial charge in [-0.15, -0.1) is 0 Å². The minimum atomic E-state index is 0.171. The molecule has 19 heavy (non-hydrogen) atoms. The van der Waals surface area contributed by atoms with E-state index in [1.807, 2.05) is 12.1 Å². The SMILES string of the molecule is CCN1CCC(N(C)C(CN)c2ccc(Br)o2)CC1.